The Labute approximate surface area is 658 Å². The zero-order valence-electron chi connectivity index (χ0n) is 70.5. The number of hydrogen-bond donors (Lipinski definition) is 3. The minimum Gasteiger partial charge on any atom is -0.462 e. The number of phosphoric acid groups is 2. The van der Waals surface area contributed by atoms with E-state index in [4.69, 9.17) is 37.0 Å². The maximum absolute atomic E-state index is 13.2. The molecule has 0 aliphatic heterocycles. The Bertz CT molecular complexity index is 2050. The molecule has 0 heterocycles. The smallest absolute Gasteiger partial charge is 0.462 e. The van der Waals surface area contributed by atoms with Crippen molar-refractivity contribution in [1.82, 2.24) is 0 Å². The van der Waals surface area contributed by atoms with E-state index < -0.39 is 97.5 Å². The van der Waals surface area contributed by atoms with Crippen LogP contribution >= 0.6 is 15.6 Å². The monoisotopic (exact) mass is 1560 g/mol. The van der Waals surface area contributed by atoms with E-state index >= 15 is 0 Å². The van der Waals surface area contributed by atoms with Crippen LogP contribution in [-0.2, 0) is 65.4 Å². The van der Waals surface area contributed by atoms with E-state index in [9.17, 15) is 43.2 Å². The number of esters is 4. The minimum atomic E-state index is -4.97. The van der Waals surface area contributed by atoms with Gasteiger partial charge in [0.2, 0.25) is 0 Å². The molecule has 0 aromatic carbocycles. The lowest BCUT2D eigenvalue weighted by molar-refractivity contribution is -0.161. The first-order valence-electron chi connectivity index (χ1n) is 45.5. The third-order valence-electron chi connectivity index (χ3n) is 20.7. The summed E-state index contributed by atoms with van der Waals surface area (Å²) in [5.74, 6) is -0.611. The third kappa shape index (κ3) is 81.9. The average molecular weight is 1560 g/mol. The molecule has 0 saturated heterocycles. The highest BCUT2D eigenvalue weighted by molar-refractivity contribution is 7.47. The van der Waals surface area contributed by atoms with Crippen molar-refractivity contribution >= 4 is 39.5 Å². The fourth-order valence-electron chi connectivity index (χ4n) is 13.8. The van der Waals surface area contributed by atoms with E-state index in [-0.39, 0.29) is 25.7 Å². The Hall–Kier alpha value is -1.94. The van der Waals surface area contributed by atoms with Gasteiger partial charge in [-0.2, -0.15) is 0 Å². The largest absolute Gasteiger partial charge is 0.472 e. The van der Waals surface area contributed by atoms with Gasteiger partial charge in [0, 0.05) is 25.7 Å². The van der Waals surface area contributed by atoms with E-state index in [2.05, 4.69) is 41.5 Å². The van der Waals surface area contributed by atoms with Crippen LogP contribution in [0.15, 0.2) is 0 Å². The molecule has 5 atom stereocenters. The molecule has 0 aliphatic carbocycles. The van der Waals surface area contributed by atoms with Gasteiger partial charge in [-0.15, -0.1) is 0 Å². The van der Waals surface area contributed by atoms with Gasteiger partial charge in [-0.3, -0.25) is 37.3 Å². The van der Waals surface area contributed by atoms with E-state index in [1.807, 2.05) is 0 Å². The van der Waals surface area contributed by atoms with Crippen LogP contribution in [0.1, 0.15) is 472 Å². The molecular formula is C88H172O17P2. The van der Waals surface area contributed by atoms with Crippen molar-refractivity contribution in [3.8, 4) is 0 Å². The number of hydrogen-bond acceptors (Lipinski definition) is 15. The van der Waals surface area contributed by atoms with Crippen molar-refractivity contribution < 1.29 is 80.2 Å². The second kappa shape index (κ2) is 79.3. The predicted octanol–water partition coefficient (Wildman–Crippen LogP) is 27.0. The van der Waals surface area contributed by atoms with E-state index in [1.54, 1.807) is 0 Å². The summed E-state index contributed by atoms with van der Waals surface area (Å²) in [6.07, 6.45) is 72.5. The average Bonchev–Trinajstić information content (AvgIpc) is 0.903. The van der Waals surface area contributed by atoms with Crippen LogP contribution in [0.3, 0.4) is 0 Å². The van der Waals surface area contributed by atoms with Crippen LogP contribution < -0.4 is 0 Å². The predicted molar refractivity (Wildman–Crippen MR) is 442 cm³/mol. The van der Waals surface area contributed by atoms with Crippen molar-refractivity contribution in [3.63, 3.8) is 0 Å². The summed E-state index contributed by atoms with van der Waals surface area (Å²) >= 11 is 0. The minimum absolute atomic E-state index is 0.106. The van der Waals surface area contributed by atoms with Gasteiger partial charge < -0.3 is 33.8 Å². The number of aliphatic hydroxyl groups is 1. The molecular weight excluding hydrogens is 1390 g/mol. The van der Waals surface area contributed by atoms with Gasteiger partial charge in [-0.05, 0) is 37.5 Å². The molecule has 0 aromatic rings. The van der Waals surface area contributed by atoms with Gasteiger partial charge in [-0.1, -0.05) is 420 Å². The van der Waals surface area contributed by atoms with Crippen LogP contribution in [0.5, 0.6) is 0 Å². The highest BCUT2D eigenvalue weighted by atomic mass is 31.2. The first-order valence-corrected chi connectivity index (χ1v) is 48.5. The Morgan fingerprint density at radius 3 is 0.636 bits per heavy atom. The van der Waals surface area contributed by atoms with Gasteiger partial charge in [0.05, 0.1) is 26.4 Å². The molecule has 0 radical (unpaired) electrons. The van der Waals surface area contributed by atoms with E-state index in [0.717, 1.165) is 102 Å². The maximum Gasteiger partial charge on any atom is 0.472 e. The number of carbonyl (C=O) groups excluding carboxylic acids is 4. The number of unbranched alkanes of at least 4 members (excludes halogenated alkanes) is 57. The number of aliphatic hydroxyl groups excluding tert-OH is 1. The van der Waals surface area contributed by atoms with Gasteiger partial charge in [0.15, 0.2) is 12.2 Å². The molecule has 0 saturated carbocycles. The molecule has 0 aliphatic rings. The van der Waals surface area contributed by atoms with Crippen molar-refractivity contribution in [2.75, 3.05) is 39.6 Å². The molecule has 0 amide bonds. The van der Waals surface area contributed by atoms with Gasteiger partial charge in [-0.25, -0.2) is 9.13 Å². The fourth-order valence-corrected chi connectivity index (χ4v) is 15.4. The molecule has 0 aromatic heterocycles. The number of phosphoric ester groups is 2. The summed E-state index contributed by atoms with van der Waals surface area (Å²) in [5, 5.41) is 10.7. The second-order valence-corrected chi connectivity index (χ2v) is 35.5. The van der Waals surface area contributed by atoms with Crippen LogP contribution in [0.2, 0.25) is 0 Å². The molecule has 17 nitrogen and oxygen atoms in total. The zero-order chi connectivity index (χ0) is 78.5. The summed E-state index contributed by atoms with van der Waals surface area (Å²) in [6, 6.07) is 0. The quantitative estimate of drug-likeness (QED) is 0.0222. The standard InChI is InChI=1S/C88H172O17P2/c1-7-9-11-13-15-17-19-21-23-25-27-29-31-33-35-37-41-45-52-58-64-70-85(90)98-76-83(104-87(92)72-66-60-54-46-42-38-36-34-32-30-28-26-24-22-20-18-16-14-12-10-8-2)78-102-106(94,95)100-74-82(89)75-101-107(96,97)103-79-84(77-99-86(91)71-65-59-53-49-48-51-57-63-69-81(5)6)105-88(93)73-67-61-55-47-43-39-40-44-50-56-62-68-80(3)4/h80-84,89H,7-79H2,1-6H3,(H,94,95)(H,96,97)/t82-,83-,84-/m1/s1. The molecule has 0 rings (SSSR count). The lowest BCUT2D eigenvalue weighted by Gasteiger charge is -2.21. The van der Waals surface area contributed by atoms with Crippen LogP contribution in [-0.4, -0.2) is 96.7 Å². The lowest BCUT2D eigenvalue weighted by Crippen LogP contribution is -2.30. The molecule has 0 fully saturated rings. The lowest BCUT2D eigenvalue weighted by atomic mass is 10.0. The summed E-state index contributed by atoms with van der Waals surface area (Å²) in [5.41, 5.74) is 0. The van der Waals surface area contributed by atoms with E-state index in [0.29, 0.717) is 25.7 Å². The summed E-state index contributed by atoms with van der Waals surface area (Å²) in [4.78, 5) is 73.3. The van der Waals surface area contributed by atoms with Crippen LogP contribution in [0.25, 0.3) is 0 Å². The summed E-state index contributed by atoms with van der Waals surface area (Å²) in [7, 11) is -9.93. The SMILES string of the molecule is CCCCCCCCCCCCCCCCCCCCCCCC(=O)OC[C@H](COP(=O)(O)OC[C@@H](O)COP(=O)(O)OC[C@@H](COC(=O)CCCCCCCCCCC(C)C)OC(=O)CCCCCCCCCCCCCC(C)C)OC(=O)CCCCCCCCCCCCCCCCCCCCCCC. The Morgan fingerprint density at radius 2 is 0.430 bits per heavy atom. The third-order valence-corrected chi connectivity index (χ3v) is 22.6. The highest BCUT2D eigenvalue weighted by Gasteiger charge is 2.30. The normalized spacial score (nSPS) is 13.8. The second-order valence-electron chi connectivity index (χ2n) is 32.6. The number of ether oxygens (including phenoxy) is 4. The molecule has 2 unspecified atom stereocenters. The Balaban J connectivity index is 5.22. The molecule has 0 bridgehead atoms. The van der Waals surface area contributed by atoms with Crippen LogP contribution in [0, 0.1) is 11.8 Å². The van der Waals surface area contributed by atoms with Gasteiger partial charge in [0.25, 0.3) is 0 Å². The highest BCUT2D eigenvalue weighted by Crippen LogP contribution is 2.45. The molecule has 3 N–H and O–H groups in total. The van der Waals surface area contributed by atoms with Crippen molar-refractivity contribution in [1.29, 1.82) is 0 Å². The Morgan fingerprint density at radius 1 is 0.252 bits per heavy atom. The molecule has 107 heavy (non-hydrogen) atoms. The zero-order valence-corrected chi connectivity index (χ0v) is 72.2. The first-order chi connectivity index (χ1) is 51.9. The fraction of sp³-hybridized carbons (Fsp3) is 0.955. The molecule has 19 heteroatoms. The van der Waals surface area contributed by atoms with Crippen molar-refractivity contribution in [3.05, 3.63) is 0 Å². The van der Waals surface area contributed by atoms with E-state index in [1.165, 1.54) is 289 Å². The topological polar surface area (TPSA) is 237 Å². The molecule has 636 valence electrons. The summed E-state index contributed by atoms with van der Waals surface area (Å²) < 4.78 is 68.9. The first kappa shape index (κ1) is 105. The maximum atomic E-state index is 13.2. The molecule has 0 spiro atoms. The van der Waals surface area contributed by atoms with Crippen molar-refractivity contribution in [2.45, 2.75) is 490 Å². The van der Waals surface area contributed by atoms with Crippen LogP contribution in [0.4, 0.5) is 0 Å². The summed E-state index contributed by atoms with van der Waals surface area (Å²) in [6.45, 7) is 9.64. The van der Waals surface area contributed by atoms with Gasteiger partial charge in [0.1, 0.15) is 19.3 Å². The Kier molecular flexibility index (Phi) is 77.9. The number of carbonyl (C=O) groups is 4. The number of rotatable bonds is 87. The van der Waals surface area contributed by atoms with Crippen molar-refractivity contribution in [2.24, 2.45) is 11.8 Å². The van der Waals surface area contributed by atoms with Gasteiger partial charge >= 0.3 is 39.5 Å².